The van der Waals surface area contributed by atoms with Crippen molar-refractivity contribution >= 4 is 10.1 Å². The minimum absolute atomic E-state index is 0.249. The average molecular weight is 358 g/mol. The quantitative estimate of drug-likeness (QED) is 0.749. The fraction of sp³-hybridized carbons (Fsp3) is 0.294. The summed E-state index contributed by atoms with van der Waals surface area (Å²) >= 11 is 0. The average Bonchev–Trinajstić information content (AvgIpc) is 2.47. The minimum Gasteiger partial charge on any atom is -0.248 e. The van der Waals surface area contributed by atoms with E-state index < -0.39 is 22.4 Å². The third-order valence-corrected chi connectivity index (χ3v) is 4.96. The van der Waals surface area contributed by atoms with Gasteiger partial charge < -0.3 is 0 Å². The van der Waals surface area contributed by atoms with Crippen molar-refractivity contribution in [2.24, 2.45) is 0 Å². The molecule has 130 valence electrons. The Morgan fingerprint density at radius 2 is 1.50 bits per heavy atom. The fourth-order valence-corrected chi connectivity index (χ4v) is 3.17. The van der Waals surface area contributed by atoms with Gasteiger partial charge in [0.15, 0.2) is 6.10 Å². The Bertz CT molecular complexity index is 825. The van der Waals surface area contributed by atoms with Gasteiger partial charge in [0.1, 0.15) is 0 Å². The second kappa shape index (κ2) is 6.57. The zero-order chi connectivity index (χ0) is 18.1. The van der Waals surface area contributed by atoms with Gasteiger partial charge in [0.2, 0.25) is 0 Å². The maximum atomic E-state index is 13.4. The molecular weight excluding hydrogens is 341 g/mol. The smallest absolute Gasteiger partial charge is 0.248 e. The summed E-state index contributed by atoms with van der Waals surface area (Å²) in [6.45, 7) is 5.15. The lowest BCUT2D eigenvalue weighted by Crippen LogP contribution is -2.26. The molecule has 0 amide bonds. The summed E-state index contributed by atoms with van der Waals surface area (Å²) in [6, 6.07) is 9.45. The van der Waals surface area contributed by atoms with Crippen LogP contribution in [0.2, 0.25) is 0 Å². The van der Waals surface area contributed by atoms with Crippen molar-refractivity contribution in [2.75, 3.05) is 0 Å². The third-order valence-electron chi connectivity index (χ3n) is 3.66. The topological polar surface area (TPSA) is 43.4 Å². The van der Waals surface area contributed by atoms with Crippen molar-refractivity contribution in [3.8, 4) is 0 Å². The molecule has 2 aromatic rings. The van der Waals surface area contributed by atoms with Crippen LogP contribution in [0, 0.1) is 20.8 Å². The molecule has 0 aliphatic heterocycles. The molecule has 0 aliphatic rings. The zero-order valence-electron chi connectivity index (χ0n) is 13.4. The number of rotatable bonds is 4. The summed E-state index contributed by atoms with van der Waals surface area (Å²) < 4.78 is 69.0. The van der Waals surface area contributed by atoms with Gasteiger partial charge in [-0.15, -0.1) is 0 Å². The molecule has 1 unspecified atom stereocenters. The molecule has 0 heterocycles. The second-order valence-corrected chi connectivity index (χ2v) is 7.20. The van der Waals surface area contributed by atoms with Crippen LogP contribution >= 0.6 is 0 Å². The van der Waals surface area contributed by atoms with Crippen molar-refractivity contribution in [1.29, 1.82) is 0 Å². The Morgan fingerprint density at radius 1 is 0.917 bits per heavy atom. The standard InChI is InChI=1S/C17H17F3O3S/c1-11-4-8-15(9-5-11)24(21,22)23-16(17(18,19)20)14-7-6-12(2)13(3)10-14/h4-10,16H,1-3H3. The van der Waals surface area contributed by atoms with Crippen LogP contribution < -0.4 is 0 Å². The van der Waals surface area contributed by atoms with Crippen LogP contribution in [0.1, 0.15) is 28.4 Å². The Balaban J connectivity index is 2.42. The van der Waals surface area contributed by atoms with Crippen molar-refractivity contribution in [1.82, 2.24) is 0 Å². The van der Waals surface area contributed by atoms with Crippen molar-refractivity contribution < 1.29 is 25.8 Å². The van der Waals surface area contributed by atoms with Gasteiger partial charge in [-0.2, -0.15) is 21.6 Å². The van der Waals surface area contributed by atoms with Crippen molar-refractivity contribution in [3.63, 3.8) is 0 Å². The maximum Gasteiger partial charge on any atom is 0.420 e. The first-order chi connectivity index (χ1) is 11.0. The first-order valence-corrected chi connectivity index (χ1v) is 8.55. The van der Waals surface area contributed by atoms with Gasteiger partial charge in [-0.25, -0.2) is 4.18 Å². The predicted octanol–water partition coefficient (Wildman–Crippen LogP) is 4.62. The number of halogens is 3. The van der Waals surface area contributed by atoms with E-state index in [1.165, 1.54) is 42.5 Å². The summed E-state index contributed by atoms with van der Waals surface area (Å²) in [4.78, 5) is -0.314. The Morgan fingerprint density at radius 3 is 2.00 bits per heavy atom. The molecule has 2 aromatic carbocycles. The first-order valence-electron chi connectivity index (χ1n) is 7.14. The molecule has 3 nitrogen and oxygen atoms in total. The molecule has 24 heavy (non-hydrogen) atoms. The molecule has 0 saturated heterocycles. The molecule has 0 spiro atoms. The number of hydrogen-bond acceptors (Lipinski definition) is 3. The molecule has 2 rings (SSSR count). The first kappa shape index (κ1) is 18.5. The van der Waals surface area contributed by atoms with Gasteiger partial charge in [-0.3, -0.25) is 0 Å². The Labute approximate surface area is 139 Å². The molecule has 0 bridgehead atoms. The molecular formula is C17H17F3O3S. The summed E-state index contributed by atoms with van der Waals surface area (Å²) in [7, 11) is -4.55. The highest BCUT2D eigenvalue weighted by molar-refractivity contribution is 7.86. The van der Waals surface area contributed by atoms with Gasteiger partial charge in [-0.1, -0.05) is 35.9 Å². The molecule has 0 N–H and O–H groups in total. The number of benzene rings is 2. The van der Waals surface area contributed by atoms with Crippen LogP contribution in [-0.2, 0) is 14.3 Å². The van der Waals surface area contributed by atoms with Gasteiger partial charge >= 0.3 is 6.18 Å². The minimum atomic E-state index is -4.86. The zero-order valence-corrected chi connectivity index (χ0v) is 14.2. The van der Waals surface area contributed by atoms with E-state index in [9.17, 15) is 21.6 Å². The monoisotopic (exact) mass is 358 g/mol. The SMILES string of the molecule is Cc1ccc(S(=O)(=O)OC(c2ccc(C)c(C)c2)C(F)(F)F)cc1. The highest BCUT2D eigenvalue weighted by Gasteiger charge is 2.45. The number of alkyl halides is 3. The second-order valence-electron chi connectivity index (χ2n) is 5.63. The highest BCUT2D eigenvalue weighted by atomic mass is 32.2. The molecule has 0 aliphatic carbocycles. The normalized spacial score (nSPS) is 13.8. The largest absolute Gasteiger partial charge is 0.420 e. The summed E-state index contributed by atoms with van der Waals surface area (Å²) in [5.41, 5.74) is 1.97. The van der Waals surface area contributed by atoms with E-state index in [-0.39, 0.29) is 10.5 Å². The summed E-state index contributed by atoms with van der Waals surface area (Å²) in [5, 5.41) is 0. The Kier molecular flexibility index (Phi) is 5.05. The van der Waals surface area contributed by atoms with E-state index in [1.807, 2.05) is 0 Å². The molecule has 1 atom stereocenters. The van der Waals surface area contributed by atoms with Gasteiger partial charge in [0.25, 0.3) is 10.1 Å². The van der Waals surface area contributed by atoms with Crippen LogP contribution in [0.15, 0.2) is 47.4 Å². The Hall–Kier alpha value is -1.86. The fourth-order valence-electron chi connectivity index (χ4n) is 2.11. The molecule has 0 saturated carbocycles. The molecule has 0 fully saturated rings. The van der Waals surface area contributed by atoms with Crippen LogP contribution in [0.25, 0.3) is 0 Å². The van der Waals surface area contributed by atoms with E-state index >= 15 is 0 Å². The van der Waals surface area contributed by atoms with Gasteiger partial charge in [0.05, 0.1) is 4.90 Å². The molecule has 0 aromatic heterocycles. The van der Waals surface area contributed by atoms with E-state index in [0.717, 1.165) is 11.1 Å². The molecule has 0 radical (unpaired) electrons. The van der Waals surface area contributed by atoms with Crippen LogP contribution in [0.5, 0.6) is 0 Å². The molecule has 7 heteroatoms. The van der Waals surface area contributed by atoms with Crippen LogP contribution in [0.4, 0.5) is 13.2 Å². The lowest BCUT2D eigenvalue weighted by Gasteiger charge is -2.21. The number of hydrogen-bond donors (Lipinski definition) is 0. The number of aryl methyl sites for hydroxylation is 3. The van der Waals surface area contributed by atoms with Crippen molar-refractivity contribution in [2.45, 2.75) is 37.9 Å². The third kappa shape index (κ3) is 4.15. The van der Waals surface area contributed by atoms with E-state index in [0.29, 0.717) is 5.56 Å². The van der Waals surface area contributed by atoms with Crippen LogP contribution in [0.3, 0.4) is 0 Å². The van der Waals surface area contributed by atoms with E-state index in [2.05, 4.69) is 4.18 Å². The lowest BCUT2D eigenvalue weighted by molar-refractivity contribution is -0.196. The summed E-state index contributed by atoms with van der Waals surface area (Å²) in [6.07, 6.45) is -7.41. The highest BCUT2D eigenvalue weighted by Crippen LogP contribution is 2.38. The van der Waals surface area contributed by atoms with Gasteiger partial charge in [-0.05, 0) is 49.6 Å². The van der Waals surface area contributed by atoms with Crippen LogP contribution in [-0.4, -0.2) is 14.6 Å². The van der Waals surface area contributed by atoms with E-state index in [4.69, 9.17) is 0 Å². The summed E-state index contributed by atoms with van der Waals surface area (Å²) in [5.74, 6) is 0. The van der Waals surface area contributed by atoms with E-state index in [1.54, 1.807) is 20.8 Å². The maximum absolute atomic E-state index is 13.4. The predicted molar refractivity (Wildman–Crippen MR) is 84.2 cm³/mol. The van der Waals surface area contributed by atoms with Crippen molar-refractivity contribution in [3.05, 3.63) is 64.7 Å². The van der Waals surface area contributed by atoms with Gasteiger partial charge in [0, 0.05) is 0 Å². The lowest BCUT2D eigenvalue weighted by atomic mass is 10.0.